The molecule has 0 amide bonds. The van der Waals surface area contributed by atoms with Crippen LogP contribution in [0.25, 0.3) is 16.7 Å². The van der Waals surface area contributed by atoms with Crippen LogP contribution in [0.1, 0.15) is 5.56 Å². The Morgan fingerprint density at radius 2 is 1.60 bits per heavy atom. The monoisotopic (exact) mass is 404 g/mol. The van der Waals surface area contributed by atoms with Gasteiger partial charge >= 0.3 is 5.69 Å². The molecular formula is C22H20N4O4. The lowest BCUT2D eigenvalue weighted by atomic mass is 10.2. The number of nitrogens with zero attached hydrogens (tertiary/aromatic N) is 3. The highest BCUT2D eigenvalue weighted by Gasteiger charge is 2.17. The third-order valence-electron chi connectivity index (χ3n) is 4.78. The quantitative estimate of drug-likeness (QED) is 0.547. The van der Waals surface area contributed by atoms with Crippen LogP contribution in [0.5, 0.6) is 11.5 Å². The minimum atomic E-state index is -0.537. The first-order valence-corrected chi connectivity index (χ1v) is 9.21. The van der Waals surface area contributed by atoms with E-state index in [2.05, 4.69) is 4.98 Å². The Hall–Kier alpha value is -4.07. The third kappa shape index (κ3) is 3.39. The van der Waals surface area contributed by atoms with Crippen molar-refractivity contribution in [1.29, 1.82) is 0 Å². The maximum Gasteiger partial charge on any atom is 0.337 e. The number of pyridine rings is 1. The van der Waals surface area contributed by atoms with Crippen molar-refractivity contribution in [3.8, 4) is 17.2 Å². The molecule has 0 saturated heterocycles. The molecule has 2 heterocycles. The van der Waals surface area contributed by atoms with Gasteiger partial charge in [-0.25, -0.2) is 14.3 Å². The molecule has 4 aromatic rings. The number of ether oxygens (including phenoxy) is 2. The Morgan fingerprint density at radius 1 is 0.933 bits per heavy atom. The first kappa shape index (κ1) is 19.3. The second-order valence-corrected chi connectivity index (χ2v) is 6.67. The van der Waals surface area contributed by atoms with Crippen LogP contribution in [0.4, 0.5) is 5.82 Å². The summed E-state index contributed by atoms with van der Waals surface area (Å²) in [7, 11) is 3.04. The van der Waals surface area contributed by atoms with Crippen LogP contribution >= 0.6 is 0 Å². The fraction of sp³-hybridized carbons (Fsp3) is 0.136. The van der Waals surface area contributed by atoms with Gasteiger partial charge in [-0.1, -0.05) is 30.3 Å². The predicted molar refractivity (Wildman–Crippen MR) is 115 cm³/mol. The van der Waals surface area contributed by atoms with Gasteiger partial charge in [-0.15, -0.1) is 0 Å². The molecule has 8 nitrogen and oxygen atoms in total. The van der Waals surface area contributed by atoms with Crippen LogP contribution in [0, 0.1) is 0 Å². The molecule has 8 heteroatoms. The second kappa shape index (κ2) is 7.75. The molecule has 4 rings (SSSR count). The minimum absolute atomic E-state index is 0.125. The van der Waals surface area contributed by atoms with Gasteiger partial charge in [0.2, 0.25) is 0 Å². The van der Waals surface area contributed by atoms with E-state index in [1.807, 2.05) is 30.3 Å². The number of fused-ring (bicyclic) bond motifs is 1. The van der Waals surface area contributed by atoms with Crippen molar-refractivity contribution in [3.05, 3.63) is 87.1 Å². The average molecular weight is 404 g/mol. The standard InChI is InChI=1S/C22H20N4O4/c1-29-16-10-15(11-17(12-16)30-2)26-20-18(8-9-19(23)24-20)21(27)25(22(26)28)13-14-6-4-3-5-7-14/h3-12H,13H2,1-2H3,(H2,23,24). The molecule has 0 unspecified atom stereocenters. The van der Waals surface area contributed by atoms with Crippen molar-refractivity contribution in [2.75, 3.05) is 20.0 Å². The molecule has 2 aromatic carbocycles. The largest absolute Gasteiger partial charge is 0.497 e. The Bertz CT molecular complexity index is 1320. The first-order valence-electron chi connectivity index (χ1n) is 9.21. The van der Waals surface area contributed by atoms with E-state index in [-0.39, 0.29) is 23.4 Å². The summed E-state index contributed by atoms with van der Waals surface area (Å²) in [5.41, 5.74) is 6.33. The summed E-state index contributed by atoms with van der Waals surface area (Å²) in [6.07, 6.45) is 0. The molecule has 0 aliphatic heterocycles. The summed E-state index contributed by atoms with van der Waals surface area (Å²) in [6, 6.07) is 17.5. The van der Waals surface area contributed by atoms with E-state index >= 15 is 0 Å². The first-order chi connectivity index (χ1) is 14.5. The fourth-order valence-corrected chi connectivity index (χ4v) is 3.30. The zero-order valence-corrected chi connectivity index (χ0v) is 16.5. The van der Waals surface area contributed by atoms with Crippen molar-refractivity contribution in [2.24, 2.45) is 0 Å². The number of rotatable bonds is 5. The number of nitrogens with two attached hydrogens (primary N) is 1. The van der Waals surface area contributed by atoms with Crippen molar-refractivity contribution in [2.45, 2.75) is 6.54 Å². The van der Waals surface area contributed by atoms with E-state index in [9.17, 15) is 9.59 Å². The minimum Gasteiger partial charge on any atom is -0.497 e. The van der Waals surface area contributed by atoms with Crippen LogP contribution in [0.2, 0.25) is 0 Å². The van der Waals surface area contributed by atoms with Gasteiger partial charge in [0.05, 0.1) is 31.8 Å². The SMILES string of the molecule is COc1cc(OC)cc(-n2c(=O)n(Cc3ccccc3)c(=O)c3ccc(N)nc32)c1. The average Bonchev–Trinajstić information content (AvgIpc) is 2.77. The molecule has 0 spiro atoms. The summed E-state index contributed by atoms with van der Waals surface area (Å²) < 4.78 is 13.2. The van der Waals surface area contributed by atoms with E-state index < -0.39 is 11.2 Å². The highest BCUT2D eigenvalue weighted by Crippen LogP contribution is 2.25. The van der Waals surface area contributed by atoms with Crippen LogP contribution in [0.3, 0.4) is 0 Å². The smallest absolute Gasteiger partial charge is 0.337 e. The molecule has 0 aliphatic rings. The van der Waals surface area contributed by atoms with Gasteiger partial charge in [-0.3, -0.25) is 9.36 Å². The number of hydrogen-bond donors (Lipinski definition) is 1. The molecule has 0 saturated carbocycles. The number of aromatic nitrogens is 3. The molecule has 0 aliphatic carbocycles. The molecule has 0 atom stereocenters. The molecule has 2 N–H and O–H groups in total. The fourth-order valence-electron chi connectivity index (χ4n) is 3.30. The maximum absolute atomic E-state index is 13.5. The van der Waals surface area contributed by atoms with Gasteiger partial charge in [0.25, 0.3) is 5.56 Å². The van der Waals surface area contributed by atoms with E-state index in [0.717, 1.165) is 5.56 Å². The van der Waals surface area contributed by atoms with Crippen LogP contribution in [-0.4, -0.2) is 28.3 Å². The highest BCUT2D eigenvalue weighted by molar-refractivity contribution is 5.77. The van der Waals surface area contributed by atoms with Crippen LogP contribution in [-0.2, 0) is 6.54 Å². The Kier molecular flexibility index (Phi) is 4.97. The molecule has 152 valence electrons. The van der Waals surface area contributed by atoms with Crippen LogP contribution < -0.4 is 26.5 Å². The normalized spacial score (nSPS) is 10.9. The number of hydrogen-bond acceptors (Lipinski definition) is 6. The molecule has 0 bridgehead atoms. The van der Waals surface area contributed by atoms with Crippen molar-refractivity contribution in [1.82, 2.24) is 14.1 Å². The predicted octanol–water partition coefficient (Wildman–Crippen LogP) is 2.20. The second-order valence-electron chi connectivity index (χ2n) is 6.67. The van der Waals surface area contributed by atoms with Crippen LogP contribution in [0.15, 0.2) is 70.3 Å². The van der Waals surface area contributed by atoms with E-state index in [4.69, 9.17) is 15.2 Å². The van der Waals surface area contributed by atoms with Gasteiger partial charge in [0.1, 0.15) is 17.3 Å². The summed E-state index contributed by atoms with van der Waals surface area (Å²) in [5, 5.41) is 0.279. The van der Waals surface area contributed by atoms with Crippen molar-refractivity contribution >= 4 is 16.9 Å². The van der Waals surface area contributed by atoms with Crippen molar-refractivity contribution in [3.63, 3.8) is 0 Å². The van der Waals surface area contributed by atoms with Gasteiger partial charge < -0.3 is 15.2 Å². The summed E-state index contributed by atoms with van der Waals surface area (Å²) in [5.74, 6) is 1.19. The zero-order chi connectivity index (χ0) is 21.3. The summed E-state index contributed by atoms with van der Waals surface area (Å²) in [4.78, 5) is 30.9. The highest BCUT2D eigenvalue weighted by atomic mass is 16.5. The Morgan fingerprint density at radius 3 is 2.23 bits per heavy atom. The Balaban J connectivity index is 2.07. The molecule has 0 radical (unpaired) electrons. The molecule has 0 fully saturated rings. The molecular weight excluding hydrogens is 384 g/mol. The maximum atomic E-state index is 13.5. The summed E-state index contributed by atoms with van der Waals surface area (Å²) >= 11 is 0. The number of methoxy groups -OCH3 is 2. The van der Waals surface area contributed by atoms with Gasteiger partial charge in [-0.05, 0) is 17.7 Å². The third-order valence-corrected chi connectivity index (χ3v) is 4.78. The zero-order valence-electron chi connectivity index (χ0n) is 16.5. The van der Waals surface area contributed by atoms with E-state index in [1.54, 1.807) is 24.3 Å². The summed E-state index contributed by atoms with van der Waals surface area (Å²) in [6.45, 7) is 0.125. The number of anilines is 1. The topological polar surface area (TPSA) is 101 Å². The van der Waals surface area contributed by atoms with Gasteiger partial charge in [0, 0.05) is 18.2 Å². The molecule has 2 aromatic heterocycles. The lowest BCUT2D eigenvalue weighted by molar-refractivity contribution is 0.394. The molecule has 30 heavy (non-hydrogen) atoms. The van der Waals surface area contributed by atoms with E-state index in [1.165, 1.54) is 29.4 Å². The van der Waals surface area contributed by atoms with Gasteiger partial charge in [-0.2, -0.15) is 0 Å². The van der Waals surface area contributed by atoms with Gasteiger partial charge in [0.15, 0.2) is 5.65 Å². The Labute approximate surface area is 171 Å². The van der Waals surface area contributed by atoms with Crippen molar-refractivity contribution < 1.29 is 9.47 Å². The van der Waals surface area contributed by atoms with E-state index in [0.29, 0.717) is 17.2 Å². The number of nitrogen functional groups attached to an aromatic ring is 1. The number of benzene rings is 2. The lowest BCUT2D eigenvalue weighted by Gasteiger charge is -2.15. The lowest BCUT2D eigenvalue weighted by Crippen LogP contribution is -2.40.